The molecule has 1 N–H and O–H groups in total. The summed E-state index contributed by atoms with van der Waals surface area (Å²) in [5, 5.41) is 2.62. The predicted molar refractivity (Wildman–Crippen MR) is 19.4 cm³/mol. The fourth-order valence-corrected chi connectivity index (χ4v) is 0.186. The minimum Gasteiger partial charge on any atom is -1.00 e. The van der Waals surface area contributed by atoms with Crippen molar-refractivity contribution in [2.45, 2.75) is 0 Å². The minimum atomic E-state index is 0. The quantitative estimate of drug-likeness (QED) is 0.322. The Morgan fingerprint density at radius 1 is 1.67 bits per heavy atom. The van der Waals surface area contributed by atoms with Crippen molar-refractivity contribution in [2.24, 2.45) is 4.99 Å². The van der Waals surface area contributed by atoms with Crippen molar-refractivity contribution in [3.8, 4) is 0 Å². The topological polar surface area (TPSA) is 24.4 Å². The Labute approximate surface area is 42.4 Å². The Hall–Kier alpha value is -0.590. The fourth-order valence-electron chi connectivity index (χ4n) is 0.186. The Morgan fingerprint density at radius 3 is 2.67 bits per heavy atom. The number of nitrogens with zero attached hydrogens (tertiary/aromatic N) is 1. The molecule has 0 saturated carbocycles. The van der Waals surface area contributed by atoms with Crippen LogP contribution in [0.4, 0.5) is 0 Å². The molecule has 0 fully saturated rings. The second kappa shape index (κ2) is 2.64. The molecule has 2 nitrogen and oxygen atoms in total. The van der Waals surface area contributed by atoms with Gasteiger partial charge in [-0.25, -0.2) is 0 Å². The highest BCUT2D eigenvalue weighted by Gasteiger charge is 1.86. The van der Waals surface area contributed by atoms with Crippen LogP contribution in [0, 0.1) is 6.20 Å². The average Bonchev–Trinajstić information content (AvgIpc) is 1.76. The summed E-state index contributed by atoms with van der Waals surface area (Å²) >= 11 is 0. The molecule has 1 rings (SSSR count). The molecule has 0 aromatic carbocycles. The summed E-state index contributed by atoms with van der Waals surface area (Å²) in [6.45, 7) is 0. The second-order valence-electron chi connectivity index (χ2n) is 0.696. The van der Waals surface area contributed by atoms with Gasteiger partial charge in [-0.1, -0.05) is 0 Å². The first-order chi connectivity index (χ1) is 2.50. The number of nitrogens with one attached hydrogen (secondary N) is 1. The first kappa shape index (κ1) is 5.41. The third kappa shape index (κ3) is 1.02. The summed E-state index contributed by atoms with van der Waals surface area (Å²) in [6, 6.07) is 0. The third-order valence-electron chi connectivity index (χ3n) is 0.362. The molecule has 6 heavy (non-hydrogen) atoms. The lowest BCUT2D eigenvalue weighted by Gasteiger charge is -1.48. The normalized spacial score (nSPS) is 12.0. The lowest BCUT2D eigenvalue weighted by atomic mass is 11.0. The van der Waals surface area contributed by atoms with E-state index >= 15 is 0 Å². The van der Waals surface area contributed by atoms with Crippen LogP contribution >= 0.6 is 0 Å². The van der Waals surface area contributed by atoms with E-state index < -0.39 is 0 Å². The van der Waals surface area contributed by atoms with Crippen LogP contribution < -0.4 is 17.7 Å². The van der Waals surface area contributed by atoms with Gasteiger partial charge in [0, 0.05) is 0 Å². The Kier molecular flexibility index (Phi) is 2.38. The zero-order chi connectivity index (χ0) is 3.54. The number of halogens is 1. The molecular formula is C3H3ClN2. The zero-order valence-corrected chi connectivity index (χ0v) is 3.74. The first-order valence-electron chi connectivity index (χ1n) is 1.34. The maximum atomic E-state index is 3.61. The highest BCUT2D eigenvalue weighted by atomic mass is 35.5. The van der Waals surface area contributed by atoms with Crippen LogP contribution in [-0.2, 0) is 0 Å². The van der Waals surface area contributed by atoms with E-state index in [2.05, 4.69) is 16.5 Å². The van der Waals surface area contributed by atoms with Gasteiger partial charge in [0.15, 0.2) is 0 Å². The molecule has 0 saturated heterocycles. The third-order valence-corrected chi connectivity index (χ3v) is 0.362. The largest absolute Gasteiger partial charge is 1.00 e. The Balaban J connectivity index is 0.000000250. The van der Waals surface area contributed by atoms with Gasteiger partial charge in [-0.3, -0.25) is 0 Å². The maximum Gasteiger partial charge on any atom is 0.235 e. The molecule has 0 aliphatic carbocycles. The van der Waals surface area contributed by atoms with Crippen molar-refractivity contribution in [3.05, 3.63) is 12.4 Å². The fraction of sp³-hybridized carbons (Fsp3) is 0. The van der Waals surface area contributed by atoms with Crippen LogP contribution in [0.3, 0.4) is 0 Å². The number of rotatable bonds is 0. The summed E-state index contributed by atoms with van der Waals surface area (Å²) in [5.41, 5.74) is 0. The molecule has 3 heteroatoms. The lowest BCUT2D eigenvalue weighted by Crippen LogP contribution is -3.00. The second-order valence-corrected chi connectivity index (χ2v) is 0.696. The molecule has 0 spiro atoms. The molecule has 1 aliphatic rings. The van der Waals surface area contributed by atoms with Gasteiger partial charge >= 0.3 is 0 Å². The molecule has 0 amide bonds. The molecule has 0 radical (unpaired) electrons. The molecule has 0 bridgehead atoms. The van der Waals surface area contributed by atoms with Crippen LogP contribution in [0.5, 0.6) is 0 Å². The van der Waals surface area contributed by atoms with E-state index in [4.69, 9.17) is 0 Å². The van der Waals surface area contributed by atoms with E-state index in [1.165, 1.54) is 0 Å². The van der Waals surface area contributed by atoms with Crippen LogP contribution in [0.25, 0.3) is 0 Å². The predicted octanol–water partition coefficient (Wildman–Crippen LogP) is -3.10. The number of aliphatic imine (C=N–C) groups is 1. The van der Waals surface area contributed by atoms with Gasteiger partial charge in [-0.15, -0.1) is 10.3 Å². The Morgan fingerprint density at radius 2 is 2.50 bits per heavy atom. The van der Waals surface area contributed by atoms with Gasteiger partial charge in [-0.2, -0.15) is 0 Å². The van der Waals surface area contributed by atoms with Crippen molar-refractivity contribution in [3.63, 3.8) is 0 Å². The standard InChI is InChI=1S/C3H3N2.ClH/c1-2-5-3-4-1;/h1,3H,(H,4,5);1H/q+1;/p-1. The smallest absolute Gasteiger partial charge is 0.235 e. The first-order valence-corrected chi connectivity index (χ1v) is 1.34. The average molecular weight is 103 g/mol. The monoisotopic (exact) mass is 102 g/mol. The molecule has 0 aromatic heterocycles. The van der Waals surface area contributed by atoms with Crippen LogP contribution in [-0.4, -0.2) is 6.34 Å². The molecular weight excluding hydrogens is 99.5 g/mol. The van der Waals surface area contributed by atoms with E-state index in [1.54, 1.807) is 12.5 Å². The van der Waals surface area contributed by atoms with E-state index in [1.807, 2.05) is 0 Å². The van der Waals surface area contributed by atoms with Gasteiger partial charge in [0.2, 0.25) is 18.7 Å². The van der Waals surface area contributed by atoms with Crippen molar-refractivity contribution in [1.82, 2.24) is 5.32 Å². The summed E-state index contributed by atoms with van der Waals surface area (Å²) < 4.78 is 0. The summed E-state index contributed by atoms with van der Waals surface area (Å²) in [7, 11) is 0. The Bertz CT molecular complexity index is 66.9. The van der Waals surface area contributed by atoms with Crippen molar-refractivity contribution < 1.29 is 12.4 Å². The number of hydrogen-bond acceptors (Lipinski definition) is 2. The van der Waals surface area contributed by atoms with Crippen LogP contribution in [0.15, 0.2) is 11.2 Å². The summed E-state index contributed by atoms with van der Waals surface area (Å²) in [5.74, 6) is 0. The van der Waals surface area contributed by atoms with E-state index in [0.717, 1.165) is 0 Å². The van der Waals surface area contributed by atoms with E-state index in [9.17, 15) is 0 Å². The van der Waals surface area contributed by atoms with Gasteiger partial charge in [0.25, 0.3) is 0 Å². The van der Waals surface area contributed by atoms with Crippen LogP contribution in [0.1, 0.15) is 0 Å². The lowest BCUT2D eigenvalue weighted by molar-refractivity contribution is -0.00000108. The molecule has 0 aromatic rings. The minimum absolute atomic E-state index is 0. The maximum absolute atomic E-state index is 3.61. The van der Waals surface area contributed by atoms with Crippen LogP contribution in [0.2, 0.25) is 0 Å². The van der Waals surface area contributed by atoms with Gasteiger partial charge in [0.1, 0.15) is 0 Å². The molecule has 0 unspecified atom stereocenters. The van der Waals surface area contributed by atoms with Crippen molar-refractivity contribution in [2.75, 3.05) is 0 Å². The highest BCUT2D eigenvalue weighted by Crippen LogP contribution is 1.70. The van der Waals surface area contributed by atoms with Gasteiger partial charge in [-0.05, 0) is 0 Å². The van der Waals surface area contributed by atoms with Crippen molar-refractivity contribution >= 4 is 6.34 Å². The summed E-state index contributed by atoms with van der Waals surface area (Å²) in [4.78, 5) is 3.61. The van der Waals surface area contributed by atoms with Crippen molar-refractivity contribution in [1.29, 1.82) is 0 Å². The molecule has 32 valence electrons. The molecule has 1 heterocycles. The van der Waals surface area contributed by atoms with Gasteiger partial charge < -0.3 is 12.4 Å². The highest BCUT2D eigenvalue weighted by molar-refractivity contribution is 5.57. The van der Waals surface area contributed by atoms with E-state index in [-0.39, 0.29) is 12.4 Å². The van der Waals surface area contributed by atoms with E-state index in [0.29, 0.717) is 0 Å². The zero-order valence-electron chi connectivity index (χ0n) is 2.98. The van der Waals surface area contributed by atoms with Gasteiger partial charge in [0.05, 0.1) is 0 Å². The molecule has 1 aliphatic heterocycles. The molecule has 0 atom stereocenters. The SMILES string of the molecule is [C+]1=CN=CN1.[Cl-]. The number of hydrogen-bond donors (Lipinski definition) is 1. The summed E-state index contributed by atoms with van der Waals surface area (Å²) in [6.07, 6.45) is 5.76.